The Morgan fingerprint density at radius 1 is 0.951 bits per heavy atom. The Kier molecular flexibility index (Phi) is 8.48. The molecule has 0 fully saturated rings. The molecule has 0 bridgehead atoms. The van der Waals surface area contributed by atoms with Crippen LogP contribution in [-0.4, -0.2) is 48.2 Å². The van der Waals surface area contributed by atoms with Crippen LogP contribution in [0.2, 0.25) is 10.0 Å². The lowest BCUT2D eigenvalue weighted by Gasteiger charge is -2.09. The highest BCUT2D eigenvalue weighted by Gasteiger charge is 2.16. The summed E-state index contributed by atoms with van der Waals surface area (Å²) in [4.78, 5) is 35.7. The topological polar surface area (TPSA) is 124 Å². The molecule has 208 valence electrons. The molecule has 0 radical (unpaired) electrons. The van der Waals surface area contributed by atoms with Gasteiger partial charge in [0.25, 0.3) is 0 Å². The van der Waals surface area contributed by atoms with Crippen molar-refractivity contribution in [2.45, 2.75) is 13.1 Å². The van der Waals surface area contributed by atoms with Gasteiger partial charge < -0.3 is 24.3 Å². The fourth-order valence-electron chi connectivity index (χ4n) is 4.14. The number of carbonyl (C=O) groups is 2. The monoisotopic (exact) mass is 608 g/mol. The molecular weight excluding hydrogens is 587 g/mol. The van der Waals surface area contributed by atoms with Crippen LogP contribution in [0.4, 0.5) is 5.13 Å². The molecule has 0 aliphatic heterocycles. The van der Waals surface area contributed by atoms with E-state index in [4.69, 9.17) is 33.0 Å². The molecule has 0 aliphatic rings. The third-order valence-corrected chi connectivity index (χ3v) is 7.17. The van der Waals surface area contributed by atoms with Crippen molar-refractivity contribution in [1.29, 1.82) is 0 Å². The van der Waals surface area contributed by atoms with Crippen LogP contribution in [-0.2, 0) is 22.7 Å². The van der Waals surface area contributed by atoms with E-state index < -0.39 is 5.97 Å². The smallest absolute Gasteiger partial charge is 0.323 e. The van der Waals surface area contributed by atoms with Crippen molar-refractivity contribution in [1.82, 2.24) is 24.1 Å². The van der Waals surface area contributed by atoms with Crippen LogP contribution in [0.1, 0.15) is 0 Å². The number of hydrogen-bond donors (Lipinski definition) is 2. The molecule has 0 atom stereocenters. The number of methoxy groups -OCH3 is 1. The van der Waals surface area contributed by atoms with Gasteiger partial charge in [0.05, 0.1) is 52.5 Å². The van der Waals surface area contributed by atoms with E-state index in [1.165, 1.54) is 18.4 Å². The van der Waals surface area contributed by atoms with Gasteiger partial charge in [0, 0.05) is 16.0 Å². The summed E-state index contributed by atoms with van der Waals surface area (Å²) in [5.41, 5.74) is 4.70. The van der Waals surface area contributed by atoms with E-state index in [-0.39, 0.29) is 19.0 Å². The number of aliphatic carboxylic acids is 1. The Balaban J connectivity index is 0.000000216. The molecule has 13 heteroatoms. The highest BCUT2D eigenvalue weighted by atomic mass is 35.5. The van der Waals surface area contributed by atoms with Crippen molar-refractivity contribution in [3.05, 3.63) is 88.7 Å². The van der Waals surface area contributed by atoms with Gasteiger partial charge >= 0.3 is 5.97 Å². The molecule has 0 saturated carbocycles. The van der Waals surface area contributed by atoms with Crippen molar-refractivity contribution >= 4 is 73.6 Å². The van der Waals surface area contributed by atoms with Crippen LogP contribution in [0.15, 0.2) is 78.7 Å². The van der Waals surface area contributed by atoms with Gasteiger partial charge in [0.15, 0.2) is 5.13 Å². The van der Waals surface area contributed by atoms with Crippen molar-refractivity contribution in [2.24, 2.45) is 0 Å². The second kappa shape index (κ2) is 12.4. The lowest BCUT2D eigenvalue weighted by molar-refractivity contribution is -0.137. The Labute approximate surface area is 247 Å². The molecule has 0 saturated heterocycles. The van der Waals surface area contributed by atoms with Crippen molar-refractivity contribution in [2.75, 3.05) is 12.4 Å². The van der Waals surface area contributed by atoms with Crippen LogP contribution in [0.3, 0.4) is 0 Å². The summed E-state index contributed by atoms with van der Waals surface area (Å²) < 4.78 is 8.76. The Morgan fingerprint density at radius 3 is 2.17 bits per heavy atom. The fourth-order valence-corrected chi connectivity index (χ4v) is 5.44. The van der Waals surface area contributed by atoms with Gasteiger partial charge in [-0.2, -0.15) is 0 Å². The molecular formula is C28H22Cl2N6O4S. The minimum absolute atomic E-state index is 0.0412. The number of para-hydroxylation sites is 4. The Morgan fingerprint density at radius 2 is 1.56 bits per heavy atom. The SMILES string of the molecule is COc1c(Cl)cc(Cl)cc1-c1csc(NC(=O)Cn2cnc3ccccc32)n1.O=C(O)Cn1cnc2ccccc21. The molecule has 0 unspecified atom stereocenters. The third-order valence-electron chi connectivity index (χ3n) is 5.91. The number of ether oxygens (including phenoxy) is 1. The average Bonchev–Trinajstić information content (AvgIpc) is 3.68. The second-order valence-corrected chi connectivity index (χ2v) is 10.4. The zero-order chi connectivity index (χ0) is 28.9. The van der Waals surface area contributed by atoms with Crippen molar-refractivity contribution in [3.63, 3.8) is 0 Å². The molecule has 2 N–H and O–H groups in total. The summed E-state index contributed by atoms with van der Waals surface area (Å²) >= 11 is 13.6. The zero-order valence-electron chi connectivity index (χ0n) is 21.5. The quantitative estimate of drug-likeness (QED) is 0.220. The Bertz CT molecular complexity index is 1870. The first-order valence-corrected chi connectivity index (χ1v) is 13.8. The van der Waals surface area contributed by atoms with E-state index in [2.05, 4.69) is 20.3 Å². The highest BCUT2D eigenvalue weighted by Crippen LogP contribution is 2.39. The number of benzene rings is 3. The van der Waals surface area contributed by atoms with Crippen LogP contribution in [0.25, 0.3) is 33.3 Å². The molecule has 6 aromatic rings. The first-order valence-electron chi connectivity index (χ1n) is 12.1. The predicted molar refractivity (Wildman–Crippen MR) is 160 cm³/mol. The number of thiazole rings is 1. The maximum atomic E-state index is 12.4. The van der Waals surface area contributed by atoms with E-state index in [1.807, 2.05) is 53.9 Å². The maximum Gasteiger partial charge on any atom is 0.323 e. The normalized spacial score (nSPS) is 10.8. The van der Waals surface area contributed by atoms with Crippen LogP contribution in [0.5, 0.6) is 5.75 Å². The molecule has 0 spiro atoms. The number of nitrogens with one attached hydrogen (secondary N) is 1. The van der Waals surface area contributed by atoms with Crippen LogP contribution >= 0.6 is 34.5 Å². The molecule has 0 aliphatic carbocycles. The zero-order valence-corrected chi connectivity index (χ0v) is 23.8. The summed E-state index contributed by atoms with van der Waals surface area (Å²) in [5, 5.41) is 14.6. The largest absolute Gasteiger partial charge is 0.494 e. The van der Waals surface area contributed by atoms with Gasteiger partial charge in [-0.1, -0.05) is 47.5 Å². The molecule has 41 heavy (non-hydrogen) atoms. The number of carboxylic acids is 1. The van der Waals surface area contributed by atoms with Crippen molar-refractivity contribution < 1.29 is 19.4 Å². The number of imidazole rings is 2. The van der Waals surface area contributed by atoms with Gasteiger partial charge in [-0.25, -0.2) is 15.0 Å². The van der Waals surface area contributed by atoms with E-state index in [0.717, 1.165) is 22.1 Å². The summed E-state index contributed by atoms with van der Waals surface area (Å²) in [6.45, 7) is 0.0995. The number of carboxylic acid groups (broad SMARTS) is 1. The van der Waals surface area contributed by atoms with Gasteiger partial charge in [-0.15, -0.1) is 11.3 Å². The number of carbonyl (C=O) groups excluding carboxylic acids is 1. The molecule has 6 rings (SSSR count). The van der Waals surface area contributed by atoms with Gasteiger partial charge in [0.1, 0.15) is 18.8 Å². The van der Waals surface area contributed by atoms with Crippen LogP contribution < -0.4 is 10.1 Å². The maximum absolute atomic E-state index is 12.4. The number of hydrogen-bond acceptors (Lipinski definition) is 7. The standard InChI is InChI=1S/C19H14Cl2N4O2S.C9H8N2O2/c1-27-18-12(6-11(20)7-13(18)21)15-9-28-19(23-15)24-17(26)8-25-10-22-14-4-2-3-5-16(14)25;12-9(13)5-11-6-10-7-3-1-2-4-8(7)11/h2-7,9-10H,8H2,1H3,(H,23,24,26);1-4,6H,5H2,(H,12,13). The summed E-state index contributed by atoms with van der Waals surface area (Å²) in [6.07, 6.45) is 3.19. The van der Waals surface area contributed by atoms with E-state index >= 15 is 0 Å². The van der Waals surface area contributed by atoms with Gasteiger partial charge in [0.2, 0.25) is 5.91 Å². The van der Waals surface area contributed by atoms with E-state index in [1.54, 1.807) is 33.9 Å². The van der Waals surface area contributed by atoms with Crippen molar-refractivity contribution in [3.8, 4) is 17.0 Å². The predicted octanol–water partition coefficient (Wildman–Crippen LogP) is 6.23. The number of nitrogens with zero attached hydrogens (tertiary/aromatic N) is 5. The third kappa shape index (κ3) is 6.49. The lowest BCUT2D eigenvalue weighted by atomic mass is 10.1. The molecule has 3 heterocycles. The summed E-state index contributed by atoms with van der Waals surface area (Å²) in [7, 11) is 1.53. The lowest BCUT2D eigenvalue weighted by Crippen LogP contribution is -2.18. The Hall–Kier alpha value is -4.45. The number of halogens is 2. The number of anilines is 1. The van der Waals surface area contributed by atoms with Gasteiger partial charge in [-0.05, 0) is 36.4 Å². The minimum Gasteiger partial charge on any atom is -0.494 e. The number of amides is 1. The second-order valence-electron chi connectivity index (χ2n) is 8.67. The molecule has 10 nitrogen and oxygen atoms in total. The molecule has 3 aromatic carbocycles. The molecule has 1 amide bonds. The number of rotatable bonds is 7. The first kappa shape index (κ1) is 28.1. The van der Waals surface area contributed by atoms with E-state index in [0.29, 0.717) is 32.2 Å². The average molecular weight is 609 g/mol. The van der Waals surface area contributed by atoms with E-state index in [9.17, 15) is 9.59 Å². The number of fused-ring (bicyclic) bond motifs is 2. The first-order chi connectivity index (χ1) is 19.8. The summed E-state index contributed by atoms with van der Waals surface area (Å²) in [6, 6.07) is 18.4. The summed E-state index contributed by atoms with van der Waals surface area (Å²) in [5.74, 6) is -0.567. The fraction of sp³-hybridized carbons (Fsp3) is 0.107. The minimum atomic E-state index is -0.858. The molecule has 3 aromatic heterocycles. The van der Waals surface area contributed by atoms with Crippen LogP contribution in [0, 0.1) is 0 Å². The van der Waals surface area contributed by atoms with Gasteiger partial charge in [-0.3, -0.25) is 9.59 Å². The highest BCUT2D eigenvalue weighted by molar-refractivity contribution is 7.14. The number of aromatic nitrogens is 5.